The minimum Gasteiger partial charge on any atom is -0.480 e. The highest BCUT2D eigenvalue weighted by Crippen LogP contribution is 2.11. The number of nitrogens with one attached hydrogen (secondary N) is 2. The highest BCUT2D eigenvalue weighted by atomic mass is 16.5. The van der Waals surface area contributed by atoms with Crippen LogP contribution in [0.15, 0.2) is 30.3 Å². The predicted molar refractivity (Wildman–Crippen MR) is 102 cm³/mol. The second-order valence-corrected chi connectivity index (χ2v) is 7.05. The van der Waals surface area contributed by atoms with Gasteiger partial charge >= 0.3 is 12.1 Å². The van der Waals surface area contributed by atoms with Gasteiger partial charge in [0.25, 0.3) is 0 Å². The van der Waals surface area contributed by atoms with Crippen molar-refractivity contribution < 1.29 is 24.2 Å². The van der Waals surface area contributed by atoms with E-state index in [1.807, 2.05) is 38.1 Å². The van der Waals surface area contributed by atoms with Gasteiger partial charge < -0.3 is 20.5 Å². The molecular weight excluding hydrogens is 362 g/mol. The van der Waals surface area contributed by atoms with E-state index in [0.29, 0.717) is 6.42 Å². The van der Waals surface area contributed by atoms with Crippen LogP contribution in [0.5, 0.6) is 0 Å². The van der Waals surface area contributed by atoms with Crippen LogP contribution in [-0.2, 0) is 20.9 Å². The number of hydrogen-bond acceptors (Lipinski definition) is 5. The predicted octanol–water partition coefficient (Wildman–Crippen LogP) is 2.45. The van der Waals surface area contributed by atoms with Gasteiger partial charge in [0.15, 0.2) is 0 Å². The second-order valence-electron chi connectivity index (χ2n) is 7.05. The first kappa shape index (κ1) is 23.0. The first-order valence-corrected chi connectivity index (χ1v) is 9.12. The summed E-state index contributed by atoms with van der Waals surface area (Å²) in [6.07, 6.45) is -0.467. The van der Waals surface area contributed by atoms with Gasteiger partial charge in [0, 0.05) is 12.3 Å². The van der Waals surface area contributed by atoms with Crippen LogP contribution in [-0.4, -0.2) is 35.2 Å². The summed E-state index contributed by atoms with van der Waals surface area (Å²) in [6, 6.07) is 8.83. The molecule has 1 aromatic carbocycles. The molecule has 28 heavy (non-hydrogen) atoms. The summed E-state index contributed by atoms with van der Waals surface area (Å²) in [4.78, 5) is 36.1. The third kappa shape index (κ3) is 8.08. The van der Waals surface area contributed by atoms with Crippen LogP contribution in [0.3, 0.4) is 0 Å². The number of rotatable bonds is 10. The molecule has 3 atom stereocenters. The SMILES string of the molecule is CC(C)C[C@H](NC(=O)OCc1ccccc1)C(=O)N[C@H](C(=O)O)[C@H](C)CC#N. The van der Waals surface area contributed by atoms with E-state index in [2.05, 4.69) is 10.6 Å². The van der Waals surface area contributed by atoms with Gasteiger partial charge in [-0.15, -0.1) is 0 Å². The van der Waals surface area contributed by atoms with E-state index < -0.39 is 36.0 Å². The van der Waals surface area contributed by atoms with Crippen molar-refractivity contribution in [2.75, 3.05) is 0 Å². The summed E-state index contributed by atoms with van der Waals surface area (Å²) in [5.41, 5.74) is 0.804. The molecule has 152 valence electrons. The van der Waals surface area contributed by atoms with E-state index in [9.17, 15) is 19.5 Å². The minimum atomic E-state index is -1.23. The van der Waals surface area contributed by atoms with Crippen molar-refractivity contribution in [2.24, 2.45) is 11.8 Å². The monoisotopic (exact) mass is 389 g/mol. The van der Waals surface area contributed by atoms with Crippen molar-refractivity contribution in [3.05, 3.63) is 35.9 Å². The fraction of sp³-hybridized carbons (Fsp3) is 0.500. The van der Waals surface area contributed by atoms with Crippen LogP contribution in [0.2, 0.25) is 0 Å². The standard InChI is InChI=1S/C20H27N3O5/c1-13(2)11-16(18(24)23-17(19(25)26)14(3)9-10-21)22-20(27)28-12-15-7-5-4-6-8-15/h4-8,13-14,16-17H,9,11-12H2,1-3H3,(H,22,27)(H,23,24)(H,25,26)/t14-,16+,17+/m1/s1. The lowest BCUT2D eigenvalue weighted by atomic mass is 9.97. The highest BCUT2D eigenvalue weighted by molar-refractivity contribution is 5.89. The summed E-state index contributed by atoms with van der Waals surface area (Å²) < 4.78 is 5.14. The number of alkyl carbamates (subject to hydrolysis) is 1. The average Bonchev–Trinajstić information content (AvgIpc) is 2.64. The van der Waals surface area contributed by atoms with Gasteiger partial charge in [0.05, 0.1) is 6.07 Å². The van der Waals surface area contributed by atoms with E-state index in [-0.39, 0.29) is 18.9 Å². The zero-order chi connectivity index (χ0) is 21.1. The molecule has 0 fully saturated rings. The second kappa shape index (κ2) is 11.6. The lowest BCUT2D eigenvalue weighted by Gasteiger charge is -2.24. The molecule has 0 aliphatic carbocycles. The Hall–Kier alpha value is -3.08. The Bertz CT molecular complexity index is 700. The number of nitriles is 1. The number of benzene rings is 1. The number of nitrogens with zero attached hydrogens (tertiary/aromatic N) is 1. The summed E-state index contributed by atoms with van der Waals surface area (Å²) >= 11 is 0. The Balaban J connectivity index is 2.74. The number of carbonyl (C=O) groups is 3. The minimum absolute atomic E-state index is 0.0152. The number of ether oxygens (including phenoxy) is 1. The van der Waals surface area contributed by atoms with Crippen molar-refractivity contribution in [1.29, 1.82) is 5.26 Å². The number of hydrogen-bond donors (Lipinski definition) is 3. The first-order valence-electron chi connectivity index (χ1n) is 9.12. The molecule has 0 radical (unpaired) electrons. The molecule has 0 bridgehead atoms. The molecule has 0 aliphatic rings. The van der Waals surface area contributed by atoms with Gasteiger partial charge in [-0.25, -0.2) is 9.59 Å². The van der Waals surface area contributed by atoms with Crippen LogP contribution < -0.4 is 10.6 Å². The number of aliphatic carboxylic acids is 1. The number of carboxylic acid groups (broad SMARTS) is 1. The van der Waals surface area contributed by atoms with Crippen LogP contribution in [0.1, 0.15) is 39.2 Å². The Morgan fingerprint density at radius 1 is 1.14 bits per heavy atom. The van der Waals surface area contributed by atoms with Gasteiger partial charge in [-0.2, -0.15) is 5.26 Å². The zero-order valence-corrected chi connectivity index (χ0v) is 16.3. The zero-order valence-electron chi connectivity index (χ0n) is 16.3. The van der Waals surface area contributed by atoms with E-state index in [4.69, 9.17) is 10.00 Å². The Kier molecular flexibility index (Phi) is 9.51. The van der Waals surface area contributed by atoms with Crippen LogP contribution in [0.4, 0.5) is 4.79 Å². The normalized spacial score (nSPS) is 13.7. The van der Waals surface area contributed by atoms with Gasteiger partial charge in [-0.05, 0) is 17.9 Å². The van der Waals surface area contributed by atoms with Crippen molar-refractivity contribution in [3.63, 3.8) is 0 Å². The van der Waals surface area contributed by atoms with E-state index in [1.54, 1.807) is 19.1 Å². The van der Waals surface area contributed by atoms with Crippen molar-refractivity contribution in [2.45, 2.75) is 52.3 Å². The van der Waals surface area contributed by atoms with Gasteiger partial charge in [0.1, 0.15) is 18.7 Å². The fourth-order valence-corrected chi connectivity index (χ4v) is 2.57. The lowest BCUT2D eigenvalue weighted by molar-refractivity contribution is -0.143. The summed E-state index contributed by atoms with van der Waals surface area (Å²) in [6.45, 7) is 5.38. The molecule has 8 heteroatoms. The largest absolute Gasteiger partial charge is 0.480 e. The molecule has 1 aromatic rings. The first-order chi connectivity index (χ1) is 13.2. The van der Waals surface area contributed by atoms with Crippen LogP contribution in [0.25, 0.3) is 0 Å². The van der Waals surface area contributed by atoms with E-state index in [0.717, 1.165) is 5.56 Å². The van der Waals surface area contributed by atoms with E-state index in [1.165, 1.54) is 0 Å². The summed E-state index contributed by atoms with van der Waals surface area (Å²) in [7, 11) is 0. The van der Waals surface area contributed by atoms with E-state index >= 15 is 0 Å². The van der Waals surface area contributed by atoms with Crippen LogP contribution >= 0.6 is 0 Å². The van der Waals surface area contributed by atoms with Gasteiger partial charge in [0.2, 0.25) is 5.91 Å². The maximum atomic E-state index is 12.6. The molecule has 0 unspecified atom stereocenters. The molecule has 0 spiro atoms. The Morgan fingerprint density at radius 2 is 1.79 bits per heavy atom. The van der Waals surface area contributed by atoms with Gasteiger partial charge in [-0.1, -0.05) is 51.1 Å². The maximum Gasteiger partial charge on any atom is 0.408 e. The van der Waals surface area contributed by atoms with Crippen molar-refractivity contribution in [3.8, 4) is 6.07 Å². The number of amides is 2. The topological polar surface area (TPSA) is 129 Å². The number of carboxylic acids is 1. The molecule has 8 nitrogen and oxygen atoms in total. The number of carbonyl (C=O) groups excluding carboxylic acids is 2. The molecule has 0 heterocycles. The third-order valence-electron chi connectivity index (χ3n) is 4.07. The fourth-order valence-electron chi connectivity index (χ4n) is 2.57. The van der Waals surface area contributed by atoms with Gasteiger partial charge in [-0.3, -0.25) is 4.79 Å². The Morgan fingerprint density at radius 3 is 2.32 bits per heavy atom. The smallest absolute Gasteiger partial charge is 0.408 e. The summed E-state index contributed by atoms with van der Waals surface area (Å²) in [5, 5.41) is 23.0. The van der Waals surface area contributed by atoms with Crippen molar-refractivity contribution in [1.82, 2.24) is 10.6 Å². The lowest BCUT2D eigenvalue weighted by Crippen LogP contribution is -2.53. The quantitative estimate of drug-likeness (QED) is 0.564. The van der Waals surface area contributed by atoms with Crippen molar-refractivity contribution >= 4 is 18.0 Å². The van der Waals surface area contributed by atoms with Crippen LogP contribution in [0, 0.1) is 23.2 Å². The molecule has 3 N–H and O–H groups in total. The highest BCUT2D eigenvalue weighted by Gasteiger charge is 2.30. The molecule has 0 aromatic heterocycles. The molecule has 2 amide bonds. The average molecular weight is 389 g/mol. The molecule has 0 saturated carbocycles. The molecular formula is C20H27N3O5. The molecule has 0 aliphatic heterocycles. The molecule has 1 rings (SSSR count). The molecule has 0 saturated heterocycles. The summed E-state index contributed by atoms with van der Waals surface area (Å²) in [5.74, 6) is -2.35. The Labute approximate surface area is 164 Å². The third-order valence-corrected chi connectivity index (χ3v) is 4.07. The maximum absolute atomic E-state index is 12.6.